The Labute approximate surface area is 126 Å². The average Bonchev–Trinajstić information content (AvgIpc) is 2.41. The number of benzene rings is 1. The zero-order chi connectivity index (χ0) is 14.7. The molecule has 1 atom stereocenters. The molecule has 1 heterocycles. The number of rotatable bonds is 2. The Kier molecular flexibility index (Phi) is 4.65. The number of urea groups is 1. The Morgan fingerprint density at radius 3 is 2.75 bits per heavy atom. The van der Waals surface area contributed by atoms with Gasteiger partial charge in [0.1, 0.15) is 0 Å². The number of halogens is 1. The molecule has 1 aromatic rings. The Morgan fingerprint density at radius 1 is 1.40 bits per heavy atom. The van der Waals surface area contributed by atoms with Crippen molar-refractivity contribution in [2.45, 2.75) is 32.2 Å². The van der Waals surface area contributed by atoms with Crippen LogP contribution in [0.15, 0.2) is 22.7 Å². The number of nitrogens with one attached hydrogen (secondary N) is 1. The molecule has 1 saturated heterocycles. The number of hydrogen-bond acceptors (Lipinski definition) is 2. The van der Waals surface area contributed by atoms with E-state index in [1.165, 1.54) is 12.1 Å². The van der Waals surface area contributed by atoms with Crippen LogP contribution in [0.5, 0.6) is 0 Å². The van der Waals surface area contributed by atoms with E-state index in [2.05, 4.69) is 21.2 Å². The number of hydrogen-bond donors (Lipinski definition) is 2. The summed E-state index contributed by atoms with van der Waals surface area (Å²) in [7, 11) is 0. The van der Waals surface area contributed by atoms with Crippen LogP contribution in [-0.4, -0.2) is 34.6 Å². The molecule has 20 heavy (non-hydrogen) atoms. The molecule has 0 saturated carbocycles. The molecular formula is C14H17BrN2O3. The van der Waals surface area contributed by atoms with Crippen molar-refractivity contribution >= 4 is 33.6 Å². The van der Waals surface area contributed by atoms with E-state index in [9.17, 15) is 9.59 Å². The molecule has 108 valence electrons. The number of likely N-dealkylation sites (tertiary alicyclic amines) is 1. The summed E-state index contributed by atoms with van der Waals surface area (Å²) >= 11 is 3.29. The Hall–Kier alpha value is -1.56. The van der Waals surface area contributed by atoms with Gasteiger partial charge in [0.05, 0.1) is 11.3 Å². The van der Waals surface area contributed by atoms with Crippen molar-refractivity contribution in [3.05, 3.63) is 28.2 Å². The van der Waals surface area contributed by atoms with Crippen LogP contribution in [0.1, 0.15) is 36.5 Å². The summed E-state index contributed by atoms with van der Waals surface area (Å²) in [6.45, 7) is 2.80. The van der Waals surface area contributed by atoms with Gasteiger partial charge in [0.15, 0.2) is 0 Å². The van der Waals surface area contributed by atoms with E-state index in [0.717, 1.165) is 25.8 Å². The van der Waals surface area contributed by atoms with E-state index in [1.807, 2.05) is 11.8 Å². The number of amides is 2. The first-order valence-corrected chi connectivity index (χ1v) is 7.39. The number of carboxylic acid groups (broad SMARTS) is 1. The molecule has 0 spiro atoms. The second-order valence-electron chi connectivity index (χ2n) is 4.97. The summed E-state index contributed by atoms with van der Waals surface area (Å²) in [6, 6.07) is 4.65. The van der Waals surface area contributed by atoms with E-state index in [1.54, 1.807) is 6.07 Å². The molecule has 1 fully saturated rings. The number of carbonyl (C=O) groups is 2. The smallest absolute Gasteiger partial charge is 0.335 e. The highest BCUT2D eigenvalue weighted by molar-refractivity contribution is 9.10. The quantitative estimate of drug-likeness (QED) is 0.864. The van der Waals surface area contributed by atoms with Crippen molar-refractivity contribution in [2.24, 2.45) is 0 Å². The van der Waals surface area contributed by atoms with E-state index in [0.29, 0.717) is 10.2 Å². The lowest BCUT2D eigenvalue weighted by molar-refractivity contribution is 0.0697. The zero-order valence-corrected chi connectivity index (χ0v) is 12.8. The van der Waals surface area contributed by atoms with Gasteiger partial charge in [-0.05, 0) is 60.3 Å². The molecule has 1 aliphatic rings. The fraction of sp³-hybridized carbons (Fsp3) is 0.429. The van der Waals surface area contributed by atoms with Gasteiger partial charge < -0.3 is 15.3 Å². The van der Waals surface area contributed by atoms with Crippen LogP contribution < -0.4 is 5.32 Å². The van der Waals surface area contributed by atoms with Crippen molar-refractivity contribution in [3.8, 4) is 0 Å². The number of aromatic carboxylic acids is 1. The Balaban J connectivity index is 2.09. The third kappa shape index (κ3) is 3.30. The lowest BCUT2D eigenvalue weighted by atomic mass is 10.0. The van der Waals surface area contributed by atoms with Gasteiger partial charge in [-0.25, -0.2) is 9.59 Å². The van der Waals surface area contributed by atoms with E-state index in [4.69, 9.17) is 5.11 Å². The van der Waals surface area contributed by atoms with Crippen LogP contribution in [0, 0.1) is 0 Å². The van der Waals surface area contributed by atoms with Crippen LogP contribution in [0.3, 0.4) is 0 Å². The lowest BCUT2D eigenvalue weighted by Gasteiger charge is -2.33. The van der Waals surface area contributed by atoms with E-state index < -0.39 is 5.97 Å². The van der Waals surface area contributed by atoms with Gasteiger partial charge in [-0.2, -0.15) is 0 Å². The molecule has 5 nitrogen and oxygen atoms in total. The molecule has 1 aliphatic heterocycles. The monoisotopic (exact) mass is 340 g/mol. The molecule has 1 aromatic carbocycles. The average molecular weight is 341 g/mol. The number of anilines is 1. The van der Waals surface area contributed by atoms with Crippen LogP contribution in [-0.2, 0) is 0 Å². The molecule has 6 heteroatoms. The van der Waals surface area contributed by atoms with Crippen molar-refractivity contribution in [1.82, 2.24) is 4.90 Å². The number of piperidine rings is 1. The first-order chi connectivity index (χ1) is 9.49. The summed E-state index contributed by atoms with van der Waals surface area (Å²) in [6.07, 6.45) is 3.20. The van der Waals surface area contributed by atoms with Gasteiger partial charge in [-0.3, -0.25) is 0 Å². The fourth-order valence-corrected chi connectivity index (χ4v) is 2.81. The molecule has 2 amide bonds. The summed E-state index contributed by atoms with van der Waals surface area (Å²) in [5.41, 5.74) is 0.763. The summed E-state index contributed by atoms with van der Waals surface area (Å²) in [5.74, 6) is -0.992. The third-order valence-corrected chi connectivity index (χ3v) is 4.18. The summed E-state index contributed by atoms with van der Waals surface area (Å²) in [4.78, 5) is 24.9. The minimum Gasteiger partial charge on any atom is -0.478 e. The van der Waals surface area contributed by atoms with Gasteiger partial charge in [-0.15, -0.1) is 0 Å². The molecule has 2 N–H and O–H groups in total. The van der Waals surface area contributed by atoms with E-state index in [-0.39, 0.29) is 17.6 Å². The first kappa shape index (κ1) is 14.8. The topological polar surface area (TPSA) is 69.6 Å². The Morgan fingerprint density at radius 2 is 2.15 bits per heavy atom. The molecule has 2 rings (SSSR count). The first-order valence-electron chi connectivity index (χ1n) is 6.59. The molecule has 1 unspecified atom stereocenters. The van der Waals surface area contributed by atoms with Crippen LogP contribution in [0.25, 0.3) is 0 Å². The normalized spacial score (nSPS) is 18.7. The number of carboxylic acids is 1. The van der Waals surface area contributed by atoms with Crippen molar-refractivity contribution < 1.29 is 14.7 Å². The molecular weight excluding hydrogens is 324 g/mol. The molecule has 0 aromatic heterocycles. The van der Waals surface area contributed by atoms with Crippen LogP contribution >= 0.6 is 15.9 Å². The van der Waals surface area contributed by atoms with Crippen LogP contribution in [0.4, 0.5) is 10.5 Å². The van der Waals surface area contributed by atoms with Crippen LogP contribution in [0.2, 0.25) is 0 Å². The molecule has 0 radical (unpaired) electrons. The molecule has 0 aliphatic carbocycles. The number of carbonyl (C=O) groups excluding carboxylic acids is 1. The maximum Gasteiger partial charge on any atom is 0.335 e. The van der Waals surface area contributed by atoms with Gasteiger partial charge in [0.25, 0.3) is 0 Å². The lowest BCUT2D eigenvalue weighted by Crippen LogP contribution is -2.44. The Bertz CT molecular complexity index is 533. The second-order valence-corrected chi connectivity index (χ2v) is 5.82. The largest absolute Gasteiger partial charge is 0.478 e. The standard InChI is InChI=1S/C14H17BrN2O3/c1-9-4-2-3-7-17(9)14(20)16-12-6-5-10(13(18)19)8-11(12)15/h5-6,8-9H,2-4,7H2,1H3,(H,16,20)(H,18,19). The maximum atomic E-state index is 12.2. The minimum absolute atomic E-state index is 0.138. The highest BCUT2D eigenvalue weighted by Gasteiger charge is 2.23. The summed E-state index contributed by atoms with van der Waals surface area (Å²) < 4.78 is 0.565. The highest BCUT2D eigenvalue weighted by atomic mass is 79.9. The van der Waals surface area contributed by atoms with Crippen molar-refractivity contribution in [2.75, 3.05) is 11.9 Å². The second kappa shape index (κ2) is 6.26. The summed E-state index contributed by atoms with van der Waals surface area (Å²) in [5, 5.41) is 11.7. The molecule has 0 bridgehead atoms. The SMILES string of the molecule is CC1CCCCN1C(=O)Nc1ccc(C(=O)O)cc1Br. The van der Waals surface area contributed by atoms with Crippen molar-refractivity contribution in [1.29, 1.82) is 0 Å². The van der Waals surface area contributed by atoms with Gasteiger partial charge >= 0.3 is 12.0 Å². The third-order valence-electron chi connectivity index (χ3n) is 3.52. The van der Waals surface area contributed by atoms with Gasteiger partial charge in [0, 0.05) is 17.1 Å². The van der Waals surface area contributed by atoms with Gasteiger partial charge in [0.2, 0.25) is 0 Å². The highest BCUT2D eigenvalue weighted by Crippen LogP contribution is 2.25. The van der Waals surface area contributed by atoms with Crippen molar-refractivity contribution in [3.63, 3.8) is 0 Å². The number of nitrogens with zero attached hydrogens (tertiary/aromatic N) is 1. The minimum atomic E-state index is -0.992. The van der Waals surface area contributed by atoms with Gasteiger partial charge in [-0.1, -0.05) is 0 Å². The maximum absolute atomic E-state index is 12.2. The van der Waals surface area contributed by atoms with E-state index >= 15 is 0 Å². The predicted molar refractivity (Wildman–Crippen MR) is 80.1 cm³/mol. The predicted octanol–water partition coefficient (Wildman–Crippen LogP) is 3.55. The fourth-order valence-electron chi connectivity index (χ4n) is 2.34. The zero-order valence-electron chi connectivity index (χ0n) is 11.2.